The quantitative estimate of drug-likeness (QED) is 0.741. The van der Waals surface area contributed by atoms with E-state index in [1.807, 2.05) is 30.9 Å². The zero-order valence-corrected chi connectivity index (χ0v) is 19.5. The lowest BCUT2D eigenvalue weighted by Gasteiger charge is -2.36. The molecule has 1 aromatic heterocycles. The fourth-order valence-corrected chi connectivity index (χ4v) is 4.99. The number of hydrogen-bond acceptors (Lipinski definition) is 6. The molecule has 174 valence electrons. The number of benzene rings is 1. The topological polar surface area (TPSA) is 79.9 Å². The summed E-state index contributed by atoms with van der Waals surface area (Å²) in [5, 5.41) is 7.36. The molecule has 2 saturated heterocycles. The molecule has 1 aromatic carbocycles. The molecule has 1 N–H and O–H groups in total. The van der Waals surface area contributed by atoms with E-state index >= 15 is 0 Å². The minimum Gasteiger partial charge on any atom is -0.493 e. The van der Waals surface area contributed by atoms with E-state index in [2.05, 4.69) is 21.2 Å². The van der Waals surface area contributed by atoms with Gasteiger partial charge in [-0.15, -0.1) is 0 Å². The summed E-state index contributed by atoms with van der Waals surface area (Å²) in [5.74, 6) is 1.91. The Hall–Kier alpha value is -2.58. The number of rotatable bonds is 6. The van der Waals surface area contributed by atoms with Crippen molar-refractivity contribution in [2.75, 3.05) is 40.4 Å². The molecule has 2 atom stereocenters. The van der Waals surface area contributed by atoms with Gasteiger partial charge in [0.05, 0.1) is 43.9 Å². The van der Waals surface area contributed by atoms with Crippen LogP contribution in [-0.4, -0.2) is 78.5 Å². The molecule has 0 unspecified atom stereocenters. The Kier molecular flexibility index (Phi) is 7.01. The number of hydrogen-bond donors (Lipinski definition) is 1. The third kappa shape index (κ3) is 4.76. The lowest BCUT2D eigenvalue weighted by atomic mass is 9.90. The number of nitrogens with one attached hydrogen (secondary N) is 1. The van der Waals surface area contributed by atoms with Crippen LogP contribution in [-0.2, 0) is 11.3 Å². The highest BCUT2D eigenvalue weighted by Crippen LogP contribution is 2.34. The van der Waals surface area contributed by atoms with Gasteiger partial charge in [-0.05, 0) is 45.8 Å². The number of aromatic amines is 1. The van der Waals surface area contributed by atoms with Crippen molar-refractivity contribution in [3.05, 3.63) is 41.2 Å². The minimum absolute atomic E-state index is 0.0508. The standard InChI is InChI=1S/C24H34N4O4/c1-16-13-28(14-17(2)32-16)24(29)20-12-25-26-22(20)18-8-10-27(11-9-18)15-19-6-5-7-21(30-3)23(19)31-4/h5-7,12,16-18H,8-11,13-15H2,1-4H3,(H,25,26)/t16-,17+. The predicted molar refractivity (Wildman–Crippen MR) is 121 cm³/mol. The summed E-state index contributed by atoms with van der Waals surface area (Å²) in [7, 11) is 3.34. The van der Waals surface area contributed by atoms with Crippen molar-refractivity contribution in [1.82, 2.24) is 20.0 Å². The second-order valence-corrected chi connectivity index (χ2v) is 8.87. The number of methoxy groups -OCH3 is 2. The molecule has 2 aliphatic rings. The molecule has 0 spiro atoms. The number of H-pyrrole nitrogens is 1. The van der Waals surface area contributed by atoms with Crippen LogP contribution in [0.4, 0.5) is 0 Å². The Balaban J connectivity index is 1.40. The monoisotopic (exact) mass is 442 g/mol. The van der Waals surface area contributed by atoms with Crippen LogP contribution in [0.5, 0.6) is 11.5 Å². The number of para-hydroxylation sites is 1. The fraction of sp³-hybridized carbons (Fsp3) is 0.583. The van der Waals surface area contributed by atoms with E-state index in [0.717, 1.165) is 55.2 Å². The van der Waals surface area contributed by atoms with E-state index in [1.165, 1.54) is 0 Å². The normalized spacial score (nSPS) is 22.7. The van der Waals surface area contributed by atoms with Gasteiger partial charge in [0, 0.05) is 31.1 Å². The van der Waals surface area contributed by atoms with Gasteiger partial charge in [-0.3, -0.25) is 14.8 Å². The first kappa shape index (κ1) is 22.6. The number of carbonyl (C=O) groups is 1. The second-order valence-electron chi connectivity index (χ2n) is 8.87. The highest BCUT2D eigenvalue weighted by Gasteiger charge is 2.31. The number of piperidine rings is 1. The minimum atomic E-state index is 0.0508. The van der Waals surface area contributed by atoms with E-state index in [9.17, 15) is 4.79 Å². The molecule has 32 heavy (non-hydrogen) atoms. The first-order valence-electron chi connectivity index (χ1n) is 11.4. The van der Waals surface area contributed by atoms with Crippen molar-refractivity contribution in [2.45, 2.75) is 51.4 Å². The van der Waals surface area contributed by atoms with Crippen molar-refractivity contribution >= 4 is 5.91 Å². The van der Waals surface area contributed by atoms with Crippen molar-refractivity contribution < 1.29 is 19.0 Å². The first-order valence-corrected chi connectivity index (χ1v) is 11.4. The molecule has 0 radical (unpaired) electrons. The molecule has 3 heterocycles. The van der Waals surface area contributed by atoms with Crippen LogP contribution in [0, 0.1) is 0 Å². The molecule has 2 fully saturated rings. The van der Waals surface area contributed by atoms with Gasteiger partial charge in [0.1, 0.15) is 0 Å². The Morgan fingerprint density at radius 1 is 1.16 bits per heavy atom. The van der Waals surface area contributed by atoms with Crippen molar-refractivity contribution in [1.29, 1.82) is 0 Å². The van der Waals surface area contributed by atoms with Gasteiger partial charge in [0.2, 0.25) is 0 Å². The third-order valence-corrected chi connectivity index (χ3v) is 6.48. The van der Waals surface area contributed by atoms with Gasteiger partial charge in [-0.2, -0.15) is 5.10 Å². The summed E-state index contributed by atoms with van der Waals surface area (Å²) in [6.07, 6.45) is 3.75. The van der Waals surface area contributed by atoms with Crippen LogP contribution in [0.15, 0.2) is 24.4 Å². The number of morpholine rings is 1. The van der Waals surface area contributed by atoms with E-state index in [-0.39, 0.29) is 18.1 Å². The first-order chi connectivity index (χ1) is 15.5. The summed E-state index contributed by atoms with van der Waals surface area (Å²) < 4.78 is 16.8. The van der Waals surface area contributed by atoms with E-state index < -0.39 is 0 Å². The van der Waals surface area contributed by atoms with Crippen LogP contribution < -0.4 is 9.47 Å². The summed E-state index contributed by atoms with van der Waals surface area (Å²) in [6.45, 7) is 7.97. The third-order valence-electron chi connectivity index (χ3n) is 6.48. The number of nitrogens with zero attached hydrogens (tertiary/aromatic N) is 3. The van der Waals surface area contributed by atoms with Crippen LogP contribution in [0.3, 0.4) is 0 Å². The molecular formula is C24H34N4O4. The lowest BCUT2D eigenvalue weighted by molar-refractivity contribution is -0.0586. The molecule has 0 bridgehead atoms. The zero-order chi connectivity index (χ0) is 22.7. The molecule has 2 aliphatic heterocycles. The number of ether oxygens (including phenoxy) is 3. The Bertz CT molecular complexity index is 912. The highest BCUT2D eigenvalue weighted by atomic mass is 16.5. The molecule has 1 amide bonds. The van der Waals surface area contributed by atoms with Gasteiger partial charge in [0.15, 0.2) is 11.5 Å². The smallest absolute Gasteiger partial charge is 0.257 e. The van der Waals surface area contributed by atoms with Crippen LogP contribution >= 0.6 is 0 Å². The second kappa shape index (κ2) is 9.92. The number of carbonyl (C=O) groups excluding carboxylic acids is 1. The van der Waals surface area contributed by atoms with Gasteiger partial charge < -0.3 is 19.1 Å². The molecule has 2 aromatic rings. The molecule has 8 heteroatoms. The highest BCUT2D eigenvalue weighted by molar-refractivity contribution is 5.95. The fourth-order valence-electron chi connectivity index (χ4n) is 4.99. The maximum absolute atomic E-state index is 13.2. The summed E-state index contributed by atoms with van der Waals surface area (Å²) in [4.78, 5) is 17.6. The maximum Gasteiger partial charge on any atom is 0.257 e. The molecule has 0 aliphatic carbocycles. The maximum atomic E-state index is 13.2. The van der Waals surface area contributed by atoms with Crippen molar-refractivity contribution in [3.63, 3.8) is 0 Å². The van der Waals surface area contributed by atoms with Crippen molar-refractivity contribution in [2.24, 2.45) is 0 Å². The Labute approximate surface area is 189 Å². The summed E-state index contributed by atoms with van der Waals surface area (Å²) in [6, 6.07) is 6.00. The van der Waals surface area contributed by atoms with E-state index in [0.29, 0.717) is 24.6 Å². The van der Waals surface area contributed by atoms with Crippen molar-refractivity contribution in [3.8, 4) is 11.5 Å². The molecule has 0 saturated carbocycles. The average molecular weight is 443 g/mol. The number of likely N-dealkylation sites (tertiary alicyclic amines) is 1. The molecule has 4 rings (SSSR count). The van der Waals surface area contributed by atoms with E-state index in [4.69, 9.17) is 14.2 Å². The van der Waals surface area contributed by atoms with E-state index in [1.54, 1.807) is 20.4 Å². The zero-order valence-electron chi connectivity index (χ0n) is 19.5. The summed E-state index contributed by atoms with van der Waals surface area (Å²) >= 11 is 0. The number of amides is 1. The Morgan fingerprint density at radius 2 is 1.88 bits per heavy atom. The van der Waals surface area contributed by atoms with Gasteiger partial charge >= 0.3 is 0 Å². The predicted octanol–water partition coefficient (Wildman–Crippen LogP) is 3.06. The molecule has 8 nitrogen and oxygen atoms in total. The molecular weight excluding hydrogens is 408 g/mol. The van der Waals surface area contributed by atoms with Gasteiger partial charge in [-0.25, -0.2) is 0 Å². The summed E-state index contributed by atoms with van der Waals surface area (Å²) in [5.41, 5.74) is 2.80. The van der Waals surface area contributed by atoms with Gasteiger partial charge in [-0.1, -0.05) is 12.1 Å². The SMILES string of the molecule is COc1cccc(CN2CCC(c3[nH]ncc3C(=O)N3C[C@@H](C)O[C@@H](C)C3)CC2)c1OC. The largest absolute Gasteiger partial charge is 0.493 e. The van der Waals surface area contributed by atoms with Crippen LogP contribution in [0.1, 0.15) is 54.2 Å². The van der Waals surface area contributed by atoms with Gasteiger partial charge in [0.25, 0.3) is 5.91 Å². The average Bonchev–Trinajstić information content (AvgIpc) is 3.28. The Morgan fingerprint density at radius 3 is 2.53 bits per heavy atom. The number of aromatic nitrogens is 2. The van der Waals surface area contributed by atoms with Crippen LogP contribution in [0.25, 0.3) is 0 Å². The lowest BCUT2D eigenvalue weighted by Crippen LogP contribution is -2.48. The van der Waals surface area contributed by atoms with Crippen LogP contribution in [0.2, 0.25) is 0 Å².